The molecule has 1 aliphatic heterocycles. The predicted octanol–water partition coefficient (Wildman–Crippen LogP) is 4.97. The molecular weight excluding hydrogens is 460 g/mol. The second kappa shape index (κ2) is 9.03. The van der Waals surface area contributed by atoms with E-state index in [1.807, 2.05) is 92.0 Å². The molecule has 0 fully saturated rings. The summed E-state index contributed by atoms with van der Waals surface area (Å²) < 4.78 is 34.1. The number of hydrogen-bond acceptors (Lipinski definition) is 5. The van der Waals surface area contributed by atoms with E-state index in [-0.39, 0.29) is 0 Å². The number of nitrogens with zero attached hydrogens (tertiary/aromatic N) is 4. The molecule has 0 N–H and O–H groups in total. The van der Waals surface area contributed by atoms with Crippen molar-refractivity contribution >= 4 is 15.7 Å². The highest BCUT2D eigenvalue weighted by Gasteiger charge is 2.37. The smallest absolute Gasteiger partial charge is 0.247 e. The van der Waals surface area contributed by atoms with Crippen LogP contribution < -0.4 is 4.74 Å². The Balaban J connectivity index is 1.65. The van der Waals surface area contributed by atoms with Gasteiger partial charge in [-0.1, -0.05) is 60.2 Å². The molecule has 35 heavy (non-hydrogen) atoms. The van der Waals surface area contributed by atoms with Gasteiger partial charge < -0.3 is 4.74 Å². The summed E-state index contributed by atoms with van der Waals surface area (Å²) in [6, 6.07) is 24.8. The van der Waals surface area contributed by atoms with Gasteiger partial charge in [0.1, 0.15) is 5.75 Å². The Morgan fingerprint density at radius 1 is 0.943 bits per heavy atom. The molecule has 7 nitrogen and oxygen atoms in total. The maximum Gasteiger partial charge on any atom is 0.247 e. The van der Waals surface area contributed by atoms with E-state index in [9.17, 15) is 8.42 Å². The summed E-state index contributed by atoms with van der Waals surface area (Å²) in [4.78, 5) is 0. The first kappa shape index (κ1) is 22.9. The van der Waals surface area contributed by atoms with Crippen LogP contribution in [-0.4, -0.2) is 41.7 Å². The molecule has 4 aromatic rings. The van der Waals surface area contributed by atoms with Crippen molar-refractivity contribution in [2.24, 2.45) is 5.10 Å². The van der Waals surface area contributed by atoms with E-state index in [2.05, 4.69) is 5.10 Å². The number of methoxy groups -OCH3 is 1. The van der Waals surface area contributed by atoms with Crippen molar-refractivity contribution in [3.8, 4) is 22.7 Å². The molecule has 0 bridgehead atoms. The van der Waals surface area contributed by atoms with Gasteiger partial charge in [-0.3, -0.25) is 0 Å². The monoisotopic (exact) mass is 486 g/mol. The number of sulfonamides is 1. The molecule has 8 heteroatoms. The van der Waals surface area contributed by atoms with Gasteiger partial charge >= 0.3 is 0 Å². The molecule has 1 aliphatic rings. The van der Waals surface area contributed by atoms with E-state index in [1.165, 1.54) is 10.7 Å². The molecule has 3 aromatic carbocycles. The molecular formula is C27H26N4O3S. The van der Waals surface area contributed by atoms with Gasteiger partial charge in [-0.2, -0.15) is 14.6 Å². The highest BCUT2D eigenvalue weighted by molar-refractivity contribution is 7.88. The summed E-state index contributed by atoms with van der Waals surface area (Å²) in [5.41, 5.74) is 5.95. The van der Waals surface area contributed by atoms with Gasteiger partial charge in [-0.15, -0.1) is 0 Å². The molecule has 0 aliphatic carbocycles. The quantitative estimate of drug-likeness (QED) is 0.386. The van der Waals surface area contributed by atoms with Crippen LogP contribution >= 0.6 is 0 Å². The van der Waals surface area contributed by atoms with Gasteiger partial charge in [0.25, 0.3) is 0 Å². The lowest BCUT2D eigenvalue weighted by molar-refractivity contribution is 0.375. The first-order valence-electron chi connectivity index (χ1n) is 11.3. The summed E-state index contributed by atoms with van der Waals surface area (Å²) in [6.07, 6.45) is 3.53. The second-order valence-electron chi connectivity index (χ2n) is 8.61. The molecule has 0 unspecified atom stereocenters. The number of hydrogen-bond donors (Lipinski definition) is 0. The molecule has 2 heterocycles. The zero-order valence-corrected chi connectivity index (χ0v) is 20.6. The topological polar surface area (TPSA) is 76.8 Å². The Kier molecular flexibility index (Phi) is 5.90. The second-order valence-corrected chi connectivity index (χ2v) is 10.5. The van der Waals surface area contributed by atoms with Crippen molar-refractivity contribution < 1.29 is 13.2 Å². The Bertz CT molecular complexity index is 1490. The number of hydrazone groups is 1. The Hall–Kier alpha value is -3.91. The first-order valence-corrected chi connectivity index (χ1v) is 13.1. The maximum absolute atomic E-state index is 12.8. The number of benzene rings is 3. The molecule has 0 spiro atoms. The summed E-state index contributed by atoms with van der Waals surface area (Å²) in [5, 5.41) is 9.45. The minimum absolute atomic E-state index is 0.438. The predicted molar refractivity (Wildman–Crippen MR) is 137 cm³/mol. The highest BCUT2D eigenvalue weighted by atomic mass is 32.2. The third kappa shape index (κ3) is 4.57. The molecule has 5 rings (SSSR count). The third-order valence-corrected chi connectivity index (χ3v) is 7.08. The molecule has 0 amide bonds. The van der Waals surface area contributed by atoms with Gasteiger partial charge in [-0.05, 0) is 36.8 Å². The molecule has 1 atom stereocenters. The van der Waals surface area contributed by atoms with Crippen molar-refractivity contribution in [1.82, 2.24) is 14.2 Å². The SMILES string of the molecule is COc1cccc(-c2nn(-c3ccccc3)cc2[C@H]2CC(c3ccc(C)cc3)=NN2S(C)(=O)=O)c1. The normalized spacial score (nSPS) is 15.8. The standard InChI is InChI=1S/C27H26N4O3S/c1-19-12-14-20(15-13-19)25-17-26(31(28-25)35(3,32)33)24-18-30(22-9-5-4-6-10-22)29-27(24)21-8-7-11-23(16-21)34-2/h4-16,18,26H,17H2,1-3H3/t26-/m1/s1. The van der Waals surface area contributed by atoms with Crippen molar-refractivity contribution in [1.29, 1.82) is 0 Å². The summed E-state index contributed by atoms with van der Waals surface area (Å²) in [5.74, 6) is 0.700. The minimum atomic E-state index is -3.63. The molecule has 0 saturated heterocycles. The van der Waals surface area contributed by atoms with Crippen molar-refractivity contribution in [2.75, 3.05) is 13.4 Å². The number of aromatic nitrogens is 2. The molecule has 0 radical (unpaired) electrons. The minimum Gasteiger partial charge on any atom is -0.497 e. The van der Waals surface area contributed by atoms with Crippen LogP contribution in [0.5, 0.6) is 5.75 Å². The van der Waals surface area contributed by atoms with Crippen LogP contribution in [0.4, 0.5) is 0 Å². The highest BCUT2D eigenvalue weighted by Crippen LogP contribution is 2.40. The van der Waals surface area contributed by atoms with Crippen LogP contribution in [0.3, 0.4) is 0 Å². The van der Waals surface area contributed by atoms with Gasteiger partial charge in [0.05, 0.1) is 36.5 Å². The van der Waals surface area contributed by atoms with Crippen LogP contribution in [0.25, 0.3) is 16.9 Å². The van der Waals surface area contributed by atoms with Gasteiger partial charge in [-0.25, -0.2) is 13.1 Å². The van der Waals surface area contributed by atoms with Gasteiger partial charge in [0.15, 0.2) is 0 Å². The summed E-state index contributed by atoms with van der Waals surface area (Å²) in [6.45, 7) is 2.02. The molecule has 178 valence electrons. The van der Waals surface area contributed by atoms with E-state index in [0.717, 1.165) is 33.7 Å². The van der Waals surface area contributed by atoms with Crippen LogP contribution in [0.15, 0.2) is 90.2 Å². The fourth-order valence-electron chi connectivity index (χ4n) is 4.29. The van der Waals surface area contributed by atoms with Crippen molar-refractivity contribution in [3.05, 3.63) is 102 Å². The number of para-hydroxylation sites is 1. The Labute approximate surface area is 205 Å². The van der Waals surface area contributed by atoms with Crippen molar-refractivity contribution in [3.63, 3.8) is 0 Å². The van der Waals surface area contributed by atoms with Crippen molar-refractivity contribution in [2.45, 2.75) is 19.4 Å². The van der Waals surface area contributed by atoms with E-state index >= 15 is 0 Å². The largest absolute Gasteiger partial charge is 0.497 e. The maximum atomic E-state index is 12.8. The summed E-state index contributed by atoms with van der Waals surface area (Å²) in [7, 11) is -2.01. The molecule has 0 saturated carbocycles. The van der Waals surface area contributed by atoms with Crippen LogP contribution in [-0.2, 0) is 10.0 Å². The van der Waals surface area contributed by atoms with E-state index in [4.69, 9.17) is 9.84 Å². The lowest BCUT2D eigenvalue weighted by Gasteiger charge is -2.21. The van der Waals surface area contributed by atoms with Crippen LogP contribution in [0.1, 0.15) is 29.2 Å². The van der Waals surface area contributed by atoms with Crippen LogP contribution in [0.2, 0.25) is 0 Å². The average molecular weight is 487 g/mol. The Morgan fingerprint density at radius 2 is 1.69 bits per heavy atom. The lowest BCUT2D eigenvalue weighted by Crippen LogP contribution is -2.26. The van der Waals surface area contributed by atoms with E-state index < -0.39 is 16.1 Å². The fourth-order valence-corrected chi connectivity index (χ4v) is 5.18. The lowest BCUT2D eigenvalue weighted by atomic mass is 9.97. The van der Waals surface area contributed by atoms with Gasteiger partial charge in [0.2, 0.25) is 10.0 Å². The van der Waals surface area contributed by atoms with E-state index in [0.29, 0.717) is 17.9 Å². The number of ether oxygens (including phenoxy) is 1. The zero-order chi connectivity index (χ0) is 24.6. The number of rotatable bonds is 6. The number of aryl methyl sites for hydroxylation is 1. The van der Waals surface area contributed by atoms with Crippen LogP contribution in [0, 0.1) is 6.92 Å². The fraction of sp³-hybridized carbons (Fsp3) is 0.185. The van der Waals surface area contributed by atoms with E-state index in [1.54, 1.807) is 11.8 Å². The summed E-state index contributed by atoms with van der Waals surface area (Å²) >= 11 is 0. The average Bonchev–Trinajstić information content (AvgIpc) is 3.50. The Morgan fingerprint density at radius 3 is 2.37 bits per heavy atom. The molecule has 1 aromatic heterocycles. The zero-order valence-electron chi connectivity index (χ0n) is 19.8. The van der Waals surface area contributed by atoms with Gasteiger partial charge in [0, 0.05) is 23.7 Å². The first-order chi connectivity index (χ1) is 16.8. The third-order valence-electron chi connectivity index (χ3n) is 6.06.